The lowest BCUT2D eigenvalue weighted by atomic mass is 10.00. The van der Waals surface area contributed by atoms with Crippen LogP contribution in [0.15, 0.2) is 42.5 Å². The summed E-state index contributed by atoms with van der Waals surface area (Å²) in [4.78, 5) is 0. The minimum Gasteiger partial charge on any atom is -0.308 e. The summed E-state index contributed by atoms with van der Waals surface area (Å²) in [5, 5.41) is 6.29. The molecule has 2 aromatic carbocycles. The molecule has 90 valence electrons. The highest BCUT2D eigenvalue weighted by atomic mass is 14.9. The summed E-state index contributed by atoms with van der Waals surface area (Å²) >= 11 is 0. The Morgan fingerprint density at radius 3 is 2.47 bits per heavy atom. The minimum atomic E-state index is 0.205. The maximum absolute atomic E-state index is 3.62. The number of hydrogen-bond acceptors (Lipinski definition) is 1. The summed E-state index contributed by atoms with van der Waals surface area (Å²) in [6.45, 7) is 7.65. The maximum atomic E-state index is 3.62. The molecule has 1 nitrogen and oxygen atoms in total. The monoisotopic (exact) mass is 227 g/mol. The Morgan fingerprint density at radius 1 is 1.00 bits per heavy atom. The van der Waals surface area contributed by atoms with Gasteiger partial charge in [0, 0.05) is 12.1 Å². The molecule has 0 amide bonds. The Morgan fingerprint density at radius 2 is 1.71 bits per heavy atom. The van der Waals surface area contributed by atoms with Crippen LogP contribution in [0.3, 0.4) is 0 Å². The highest BCUT2D eigenvalue weighted by Gasteiger charge is 2.13. The molecule has 0 saturated carbocycles. The van der Waals surface area contributed by atoms with Gasteiger partial charge in [0.05, 0.1) is 0 Å². The van der Waals surface area contributed by atoms with E-state index in [2.05, 4.69) is 68.6 Å². The number of nitrogens with one attached hydrogen (secondary N) is 1. The van der Waals surface area contributed by atoms with Gasteiger partial charge in [-0.05, 0) is 36.6 Å². The van der Waals surface area contributed by atoms with Crippen molar-refractivity contribution in [3.63, 3.8) is 0 Å². The van der Waals surface area contributed by atoms with Gasteiger partial charge in [-0.3, -0.25) is 0 Å². The fourth-order valence-corrected chi connectivity index (χ4v) is 1.91. The molecule has 17 heavy (non-hydrogen) atoms. The van der Waals surface area contributed by atoms with Gasteiger partial charge in [-0.15, -0.1) is 0 Å². The second-order valence-corrected chi connectivity index (χ2v) is 5.23. The first kappa shape index (κ1) is 12.1. The fourth-order valence-electron chi connectivity index (χ4n) is 1.91. The third-order valence-electron chi connectivity index (χ3n) is 3.52. The van der Waals surface area contributed by atoms with Crippen LogP contribution in [-0.4, -0.2) is 5.54 Å². The van der Waals surface area contributed by atoms with Gasteiger partial charge in [-0.2, -0.15) is 0 Å². The molecule has 0 radical (unpaired) electrons. The van der Waals surface area contributed by atoms with E-state index in [9.17, 15) is 0 Å². The van der Waals surface area contributed by atoms with E-state index < -0.39 is 0 Å². The molecule has 1 N–H and O–H groups in total. The average molecular weight is 227 g/mol. The van der Waals surface area contributed by atoms with E-state index >= 15 is 0 Å². The molecule has 0 aliphatic rings. The zero-order valence-corrected chi connectivity index (χ0v) is 11.0. The number of benzene rings is 2. The highest BCUT2D eigenvalue weighted by molar-refractivity contribution is 5.85. The van der Waals surface area contributed by atoms with Crippen molar-refractivity contribution < 1.29 is 0 Å². The summed E-state index contributed by atoms with van der Waals surface area (Å²) in [6, 6.07) is 15.1. The van der Waals surface area contributed by atoms with Crippen LogP contribution in [0, 0.1) is 0 Å². The Labute approximate surface area is 104 Å². The van der Waals surface area contributed by atoms with Crippen molar-refractivity contribution in [2.24, 2.45) is 0 Å². The van der Waals surface area contributed by atoms with E-state index in [1.54, 1.807) is 0 Å². The second-order valence-electron chi connectivity index (χ2n) is 5.23. The van der Waals surface area contributed by atoms with Gasteiger partial charge < -0.3 is 5.32 Å². The van der Waals surface area contributed by atoms with Gasteiger partial charge in [0.25, 0.3) is 0 Å². The molecule has 0 aromatic heterocycles. The summed E-state index contributed by atoms with van der Waals surface area (Å²) < 4.78 is 0. The van der Waals surface area contributed by atoms with Crippen LogP contribution in [0.1, 0.15) is 32.8 Å². The minimum absolute atomic E-state index is 0.205. The molecule has 0 atom stereocenters. The Hall–Kier alpha value is -1.34. The average Bonchev–Trinajstić information content (AvgIpc) is 2.36. The molecule has 0 unspecified atom stereocenters. The summed E-state index contributed by atoms with van der Waals surface area (Å²) in [6.07, 6.45) is 1.14. The van der Waals surface area contributed by atoms with Gasteiger partial charge >= 0.3 is 0 Å². The van der Waals surface area contributed by atoms with Crippen molar-refractivity contribution in [1.29, 1.82) is 0 Å². The Kier molecular flexibility index (Phi) is 3.49. The van der Waals surface area contributed by atoms with E-state index in [-0.39, 0.29) is 5.54 Å². The Bertz CT molecular complexity index is 494. The van der Waals surface area contributed by atoms with Gasteiger partial charge in [0.15, 0.2) is 0 Å². The molecule has 1 heteroatoms. The van der Waals surface area contributed by atoms with Crippen molar-refractivity contribution in [3.8, 4) is 0 Å². The third kappa shape index (κ3) is 2.86. The number of hydrogen-bond donors (Lipinski definition) is 1. The standard InChI is InChI=1S/C16H21N/c1-4-16(2,3)17-12-14-10-7-9-13-8-5-6-11-15(13)14/h5-11,17H,4,12H2,1-3H3. The van der Waals surface area contributed by atoms with Crippen LogP contribution in [-0.2, 0) is 6.54 Å². The fraction of sp³-hybridized carbons (Fsp3) is 0.375. The van der Waals surface area contributed by atoms with Crippen LogP contribution >= 0.6 is 0 Å². The normalized spacial score (nSPS) is 11.9. The first-order chi connectivity index (χ1) is 8.12. The van der Waals surface area contributed by atoms with Crippen molar-refractivity contribution in [2.45, 2.75) is 39.3 Å². The van der Waals surface area contributed by atoms with Gasteiger partial charge in [-0.25, -0.2) is 0 Å². The van der Waals surface area contributed by atoms with Crippen LogP contribution < -0.4 is 5.32 Å². The molecular formula is C16H21N. The molecule has 0 spiro atoms. The number of rotatable bonds is 4. The quantitative estimate of drug-likeness (QED) is 0.828. The molecule has 0 aliphatic carbocycles. The molecule has 2 rings (SSSR count). The molecule has 0 heterocycles. The highest BCUT2D eigenvalue weighted by Crippen LogP contribution is 2.19. The second kappa shape index (κ2) is 4.89. The van der Waals surface area contributed by atoms with E-state index in [1.807, 2.05) is 0 Å². The SMILES string of the molecule is CCC(C)(C)NCc1cccc2ccccc12. The topological polar surface area (TPSA) is 12.0 Å². The first-order valence-electron chi connectivity index (χ1n) is 6.34. The van der Waals surface area contributed by atoms with Crippen molar-refractivity contribution in [1.82, 2.24) is 5.32 Å². The first-order valence-corrected chi connectivity index (χ1v) is 6.34. The summed E-state index contributed by atoms with van der Waals surface area (Å²) in [7, 11) is 0. The molecule has 2 aromatic rings. The van der Waals surface area contributed by atoms with Gasteiger partial charge in [0.2, 0.25) is 0 Å². The van der Waals surface area contributed by atoms with Gasteiger partial charge in [0.1, 0.15) is 0 Å². The van der Waals surface area contributed by atoms with Crippen molar-refractivity contribution >= 4 is 10.8 Å². The van der Waals surface area contributed by atoms with Crippen molar-refractivity contribution in [2.75, 3.05) is 0 Å². The van der Waals surface area contributed by atoms with E-state index in [1.165, 1.54) is 16.3 Å². The lowest BCUT2D eigenvalue weighted by Crippen LogP contribution is -2.37. The lowest BCUT2D eigenvalue weighted by molar-refractivity contribution is 0.375. The van der Waals surface area contributed by atoms with Crippen LogP contribution in [0.25, 0.3) is 10.8 Å². The smallest absolute Gasteiger partial charge is 0.0216 e. The third-order valence-corrected chi connectivity index (χ3v) is 3.52. The molecule has 0 saturated heterocycles. The van der Waals surface area contributed by atoms with Crippen molar-refractivity contribution in [3.05, 3.63) is 48.0 Å². The van der Waals surface area contributed by atoms with Crippen LogP contribution in [0.4, 0.5) is 0 Å². The van der Waals surface area contributed by atoms with Gasteiger partial charge in [-0.1, -0.05) is 49.4 Å². The van der Waals surface area contributed by atoms with Crippen LogP contribution in [0.5, 0.6) is 0 Å². The maximum Gasteiger partial charge on any atom is 0.0216 e. The molecule has 0 aliphatic heterocycles. The summed E-state index contributed by atoms with van der Waals surface area (Å²) in [5.41, 5.74) is 1.58. The molecular weight excluding hydrogens is 206 g/mol. The molecule has 0 fully saturated rings. The van der Waals surface area contributed by atoms with E-state index in [0.29, 0.717) is 0 Å². The molecule has 0 bridgehead atoms. The number of fused-ring (bicyclic) bond motifs is 1. The predicted molar refractivity (Wildman–Crippen MR) is 75.2 cm³/mol. The zero-order valence-electron chi connectivity index (χ0n) is 11.0. The van der Waals surface area contributed by atoms with E-state index in [4.69, 9.17) is 0 Å². The lowest BCUT2D eigenvalue weighted by Gasteiger charge is -2.25. The van der Waals surface area contributed by atoms with E-state index in [0.717, 1.165) is 13.0 Å². The summed E-state index contributed by atoms with van der Waals surface area (Å²) in [5.74, 6) is 0. The predicted octanol–water partition coefficient (Wildman–Crippen LogP) is 4.12. The largest absolute Gasteiger partial charge is 0.308 e. The zero-order chi connectivity index (χ0) is 12.3. The van der Waals surface area contributed by atoms with Crippen LogP contribution in [0.2, 0.25) is 0 Å². The Balaban J connectivity index is 2.24.